The van der Waals surface area contributed by atoms with Crippen molar-refractivity contribution in [2.24, 2.45) is 0 Å². The predicted octanol–water partition coefficient (Wildman–Crippen LogP) is 9.40. The van der Waals surface area contributed by atoms with Crippen molar-refractivity contribution in [3.8, 4) is 11.3 Å². The molecule has 0 N–H and O–H groups in total. The summed E-state index contributed by atoms with van der Waals surface area (Å²) < 4.78 is 4.04. The molecule has 3 aromatic carbocycles. The fourth-order valence-corrected chi connectivity index (χ4v) is 7.36. The van der Waals surface area contributed by atoms with Crippen molar-refractivity contribution in [1.82, 2.24) is 4.98 Å². The van der Waals surface area contributed by atoms with Gasteiger partial charge >= 0.3 is 0 Å². The van der Waals surface area contributed by atoms with Gasteiger partial charge in [0, 0.05) is 36.8 Å². The van der Waals surface area contributed by atoms with Crippen molar-refractivity contribution < 1.29 is 0 Å². The maximum atomic E-state index is 4.92. The molecule has 158 valence electrons. The molecule has 32 heavy (non-hydrogen) atoms. The highest BCUT2D eigenvalue weighted by Crippen LogP contribution is 2.46. The van der Waals surface area contributed by atoms with Gasteiger partial charge in [0.1, 0.15) is 0 Å². The normalized spacial score (nSPS) is 12.5. The average molecular weight is 452 g/mol. The van der Waals surface area contributed by atoms with Gasteiger partial charge in [0.25, 0.3) is 0 Å². The Balaban J connectivity index is 1.71. The molecule has 0 amide bonds. The summed E-state index contributed by atoms with van der Waals surface area (Å²) in [6, 6.07) is 20.2. The fourth-order valence-electron chi connectivity index (χ4n) is 4.86. The van der Waals surface area contributed by atoms with Crippen LogP contribution in [0.15, 0.2) is 60.8 Å². The molecule has 6 aromatic rings. The molecule has 3 aromatic heterocycles. The van der Waals surface area contributed by atoms with Gasteiger partial charge in [-0.25, -0.2) is 0 Å². The van der Waals surface area contributed by atoms with Gasteiger partial charge in [-0.15, -0.1) is 22.7 Å². The molecule has 3 heteroatoms. The molecule has 0 aliphatic carbocycles. The first-order valence-corrected chi connectivity index (χ1v) is 12.7. The number of hydrogen-bond acceptors (Lipinski definition) is 3. The quantitative estimate of drug-likeness (QED) is 0.243. The van der Waals surface area contributed by atoms with Gasteiger partial charge in [-0.05, 0) is 70.8 Å². The van der Waals surface area contributed by atoms with E-state index >= 15 is 0 Å². The van der Waals surface area contributed by atoms with Gasteiger partial charge in [0.2, 0.25) is 0 Å². The number of nitrogens with zero attached hydrogens (tertiary/aromatic N) is 1. The lowest BCUT2D eigenvalue weighted by atomic mass is 9.82. The molecule has 0 saturated heterocycles. The third-order valence-electron chi connectivity index (χ3n) is 6.64. The first-order valence-electron chi connectivity index (χ1n) is 11.1. The Kier molecular flexibility index (Phi) is 4.27. The monoisotopic (exact) mass is 451 g/mol. The smallest absolute Gasteiger partial charge is 0.0880 e. The zero-order valence-electron chi connectivity index (χ0n) is 19.0. The molecule has 0 radical (unpaired) electrons. The zero-order chi connectivity index (χ0) is 22.2. The second kappa shape index (κ2) is 6.87. The summed E-state index contributed by atoms with van der Waals surface area (Å²) >= 11 is 3.80. The highest BCUT2D eigenvalue weighted by molar-refractivity contribution is 7.28. The highest BCUT2D eigenvalue weighted by Gasteiger charge is 2.21. The summed E-state index contributed by atoms with van der Waals surface area (Å²) in [4.78, 5) is 6.33. The Morgan fingerprint density at radius 1 is 0.781 bits per heavy atom. The van der Waals surface area contributed by atoms with Crippen LogP contribution in [0.2, 0.25) is 0 Å². The molecule has 0 fully saturated rings. The van der Waals surface area contributed by atoms with Gasteiger partial charge in [0.05, 0.1) is 10.4 Å². The standard InChI is InChI=1S/C29H25NS2/c1-16-17(2)31-27-20(16)10-11-24-25(27)22-12-13-30-26(28(22)32-24)19-14-18-8-6-7-9-21(18)23(15-19)29(3,4)5/h6-15H,1-5H3. The van der Waals surface area contributed by atoms with E-state index < -0.39 is 0 Å². The Morgan fingerprint density at radius 2 is 1.59 bits per heavy atom. The molecule has 0 saturated carbocycles. The number of fused-ring (bicyclic) bond motifs is 6. The van der Waals surface area contributed by atoms with E-state index in [9.17, 15) is 0 Å². The lowest BCUT2D eigenvalue weighted by Gasteiger charge is -2.22. The summed E-state index contributed by atoms with van der Waals surface area (Å²) in [6.45, 7) is 11.4. The molecule has 3 heterocycles. The van der Waals surface area contributed by atoms with E-state index in [-0.39, 0.29) is 5.41 Å². The van der Waals surface area contributed by atoms with Crippen molar-refractivity contribution in [2.75, 3.05) is 0 Å². The minimum Gasteiger partial charge on any atom is -0.255 e. The molecular weight excluding hydrogens is 426 g/mol. The zero-order valence-corrected chi connectivity index (χ0v) is 20.7. The van der Waals surface area contributed by atoms with Crippen LogP contribution in [-0.2, 0) is 5.41 Å². The van der Waals surface area contributed by atoms with Crippen molar-refractivity contribution in [2.45, 2.75) is 40.0 Å². The summed E-state index contributed by atoms with van der Waals surface area (Å²) in [7, 11) is 0. The largest absolute Gasteiger partial charge is 0.255 e. The topological polar surface area (TPSA) is 12.9 Å². The predicted molar refractivity (Wildman–Crippen MR) is 144 cm³/mol. The summed E-state index contributed by atoms with van der Waals surface area (Å²) in [5.41, 5.74) is 5.14. The molecule has 0 aliphatic heterocycles. The summed E-state index contributed by atoms with van der Waals surface area (Å²) in [6.07, 6.45) is 1.99. The van der Waals surface area contributed by atoms with Crippen molar-refractivity contribution >= 4 is 63.7 Å². The van der Waals surface area contributed by atoms with Crippen LogP contribution >= 0.6 is 22.7 Å². The molecule has 0 spiro atoms. The van der Waals surface area contributed by atoms with Crippen molar-refractivity contribution in [3.63, 3.8) is 0 Å². The Morgan fingerprint density at radius 3 is 2.41 bits per heavy atom. The van der Waals surface area contributed by atoms with Gasteiger partial charge in [-0.3, -0.25) is 4.98 Å². The number of aryl methyl sites for hydroxylation is 2. The molecule has 0 unspecified atom stereocenters. The third kappa shape index (κ3) is 2.84. The van der Waals surface area contributed by atoms with Gasteiger partial charge in [-0.1, -0.05) is 51.1 Å². The first-order chi connectivity index (χ1) is 15.3. The maximum absolute atomic E-state index is 4.92. The number of hydrogen-bond donors (Lipinski definition) is 0. The average Bonchev–Trinajstić information content (AvgIpc) is 3.29. The third-order valence-corrected chi connectivity index (χ3v) is 9.05. The number of thiophene rings is 2. The minimum absolute atomic E-state index is 0.0574. The molecular formula is C29H25NS2. The molecule has 1 nitrogen and oxygen atoms in total. The van der Waals surface area contributed by atoms with E-state index in [1.165, 1.54) is 62.6 Å². The maximum Gasteiger partial charge on any atom is 0.0880 e. The Bertz CT molecular complexity index is 1680. The number of rotatable bonds is 1. The van der Waals surface area contributed by atoms with Crippen LogP contribution in [0.5, 0.6) is 0 Å². The van der Waals surface area contributed by atoms with Gasteiger partial charge in [0.15, 0.2) is 0 Å². The fraction of sp³-hybridized carbons (Fsp3) is 0.207. The summed E-state index contributed by atoms with van der Waals surface area (Å²) in [5, 5.41) is 6.72. The first kappa shape index (κ1) is 19.9. The Hall–Kier alpha value is -2.75. The van der Waals surface area contributed by atoms with Crippen LogP contribution in [-0.4, -0.2) is 4.98 Å². The van der Waals surface area contributed by atoms with Crippen LogP contribution in [0.1, 0.15) is 36.8 Å². The SMILES string of the molecule is Cc1sc2c(ccc3sc4c(-c5cc(C(C)(C)C)c6ccccc6c5)nccc4c32)c1C. The lowest BCUT2D eigenvalue weighted by Crippen LogP contribution is -2.12. The van der Waals surface area contributed by atoms with Crippen molar-refractivity contribution in [3.05, 3.63) is 76.8 Å². The van der Waals surface area contributed by atoms with Gasteiger partial charge < -0.3 is 0 Å². The van der Waals surface area contributed by atoms with Crippen LogP contribution < -0.4 is 0 Å². The molecule has 0 aliphatic rings. The van der Waals surface area contributed by atoms with E-state index in [1.54, 1.807) is 0 Å². The second-order valence-corrected chi connectivity index (χ2v) is 12.0. The molecule has 6 rings (SSSR count). The Labute approximate surface area is 196 Å². The van der Waals surface area contributed by atoms with E-state index in [2.05, 4.69) is 89.2 Å². The number of pyridine rings is 1. The molecule has 0 atom stereocenters. The van der Waals surface area contributed by atoms with Crippen LogP contribution in [0.4, 0.5) is 0 Å². The highest BCUT2D eigenvalue weighted by atomic mass is 32.1. The van der Waals surface area contributed by atoms with E-state index in [4.69, 9.17) is 4.98 Å². The molecule has 0 bridgehead atoms. The van der Waals surface area contributed by atoms with E-state index in [0.29, 0.717) is 0 Å². The number of benzene rings is 3. The summed E-state index contributed by atoms with van der Waals surface area (Å²) in [5.74, 6) is 0. The van der Waals surface area contributed by atoms with E-state index in [1.807, 2.05) is 28.9 Å². The lowest BCUT2D eigenvalue weighted by molar-refractivity contribution is 0.596. The van der Waals surface area contributed by atoms with E-state index in [0.717, 1.165) is 5.69 Å². The van der Waals surface area contributed by atoms with Crippen molar-refractivity contribution in [1.29, 1.82) is 0 Å². The second-order valence-electron chi connectivity index (χ2n) is 9.73. The minimum atomic E-state index is 0.0574. The number of aromatic nitrogens is 1. The van der Waals surface area contributed by atoms with Crippen LogP contribution in [0.25, 0.3) is 52.3 Å². The van der Waals surface area contributed by atoms with Crippen LogP contribution in [0, 0.1) is 13.8 Å². The van der Waals surface area contributed by atoms with Crippen LogP contribution in [0.3, 0.4) is 0 Å². The van der Waals surface area contributed by atoms with Gasteiger partial charge in [-0.2, -0.15) is 0 Å².